The van der Waals surface area contributed by atoms with E-state index in [0.29, 0.717) is 12.0 Å². The van der Waals surface area contributed by atoms with Crippen molar-refractivity contribution in [1.82, 2.24) is 4.90 Å². The lowest BCUT2D eigenvalue weighted by molar-refractivity contribution is 0.405. The minimum Gasteiger partial charge on any atom is -0.367 e. The molecule has 0 amide bonds. The van der Waals surface area contributed by atoms with Gasteiger partial charge in [-0.05, 0) is 50.2 Å². The van der Waals surface area contributed by atoms with Crippen LogP contribution in [0.5, 0.6) is 0 Å². The van der Waals surface area contributed by atoms with Crippen LogP contribution in [0.1, 0.15) is 25.8 Å². The molecule has 102 valence electrons. The maximum absolute atomic E-state index is 8.89. The number of hydrogen-bond acceptors (Lipinski definition) is 3. The standard InChI is InChI=1S/C16H23N3/c1-13(2)11-19(16-8-9-18(3)12-16)15-6-4-14(10-17)5-7-15/h4-7,13,16H,8-9,11-12H2,1-3H3. The topological polar surface area (TPSA) is 30.3 Å². The summed E-state index contributed by atoms with van der Waals surface area (Å²) in [4.78, 5) is 4.90. The van der Waals surface area contributed by atoms with Crippen LogP contribution in [0, 0.1) is 17.2 Å². The second-order valence-electron chi connectivity index (χ2n) is 5.91. The van der Waals surface area contributed by atoms with E-state index in [1.807, 2.05) is 12.1 Å². The zero-order chi connectivity index (χ0) is 13.8. The summed E-state index contributed by atoms with van der Waals surface area (Å²) in [5.41, 5.74) is 1.98. The quantitative estimate of drug-likeness (QED) is 0.831. The van der Waals surface area contributed by atoms with Gasteiger partial charge >= 0.3 is 0 Å². The van der Waals surface area contributed by atoms with Crippen LogP contribution < -0.4 is 4.90 Å². The SMILES string of the molecule is CC(C)CN(c1ccc(C#N)cc1)C1CCN(C)C1. The fourth-order valence-electron chi connectivity index (χ4n) is 2.75. The van der Waals surface area contributed by atoms with Crippen molar-refractivity contribution >= 4 is 5.69 Å². The number of benzene rings is 1. The number of hydrogen-bond donors (Lipinski definition) is 0. The van der Waals surface area contributed by atoms with Gasteiger partial charge in [0.25, 0.3) is 0 Å². The molecule has 0 spiro atoms. The highest BCUT2D eigenvalue weighted by atomic mass is 15.2. The average molecular weight is 257 g/mol. The van der Waals surface area contributed by atoms with Crippen LogP contribution in [-0.4, -0.2) is 37.6 Å². The van der Waals surface area contributed by atoms with Gasteiger partial charge in [-0.25, -0.2) is 0 Å². The van der Waals surface area contributed by atoms with Crippen molar-refractivity contribution in [2.75, 3.05) is 31.6 Å². The summed E-state index contributed by atoms with van der Waals surface area (Å²) in [6.07, 6.45) is 1.23. The highest BCUT2D eigenvalue weighted by Gasteiger charge is 2.26. The first-order valence-corrected chi connectivity index (χ1v) is 7.05. The van der Waals surface area contributed by atoms with Crippen LogP contribution in [0.3, 0.4) is 0 Å². The molecular formula is C16H23N3. The molecule has 1 aliphatic rings. The van der Waals surface area contributed by atoms with Gasteiger partial charge in [0, 0.05) is 24.8 Å². The number of nitriles is 1. The predicted molar refractivity (Wildman–Crippen MR) is 79.2 cm³/mol. The van der Waals surface area contributed by atoms with Crippen molar-refractivity contribution in [2.24, 2.45) is 5.92 Å². The fraction of sp³-hybridized carbons (Fsp3) is 0.562. The van der Waals surface area contributed by atoms with Crippen molar-refractivity contribution in [3.63, 3.8) is 0 Å². The molecule has 0 radical (unpaired) electrons. The van der Waals surface area contributed by atoms with Gasteiger partial charge in [0.15, 0.2) is 0 Å². The highest BCUT2D eigenvalue weighted by Crippen LogP contribution is 2.24. The van der Waals surface area contributed by atoms with Gasteiger partial charge in [0.2, 0.25) is 0 Å². The van der Waals surface area contributed by atoms with E-state index >= 15 is 0 Å². The number of rotatable bonds is 4. The summed E-state index contributed by atoms with van der Waals surface area (Å²) >= 11 is 0. The lowest BCUT2D eigenvalue weighted by atomic mass is 10.1. The number of likely N-dealkylation sites (N-methyl/N-ethyl adjacent to an activating group) is 1. The molecule has 3 nitrogen and oxygen atoms in total. The Morgan fingerprint density at radius 3 is 2.53 bits per heavy atom. The third kappa shape index (κ3) is 3.48. The van der Waals surface area contributed by atoms with Crippen LogP contribution in [0.2, 0.25) is 0 Å². The molecule has 3 heteroatoms. The van der Waals surface area contributed by atoms with Crippen molar-refractivity contribution in [1.29, 1.82) is 5.26 Å². The molecule has 1 aliphatic heterocycles. The Morgan fingerprint density at radius 1 is 1.37 bits per heavy atom. The molecular weight excluding hydrogens is 234 g/mol. The van der Waals surface area contributed by atoms with Gasteiger partial charge in [0.1, 0.15) is 0 Å². The summed E-state index contributed by atoms with van der Waals surface area (Å²) in [7, 11) is 2.19. The van der Waals surface area contributed by atoms with Crippen molar-refractivity contribution in [3.05, 3.63) is 29.8 Å². The Hall–Kier alpha value is -1.53. The Labute approximate surface area is 116 Å². The molecule has 1 unspecified atom stereocenters. The third-order valence-electron chi connectivity index (χ3n) is 3.70. The summed E-state index contributed by atoms with van der Waals surface area (Å²) < 4.78 is 0. The van der Waals surface area contributed by atoms with E-state index in [-0.39, 0.29) is 0 Å². The molecule has 0 aromatic heterocycles. The Balaban J connectivity index is 2.18. The van der Waals surface area contributed by atoms with Crippen molar-refractivity contribution in [2.45, 2.75) is 26.3 Å². The van der Waals surface area contributed by atoms with E-state index in [2.05, 4.69) is 48.9 Å². The lowest BCUT2D eigenvalue weighted by Crippen LogP contribution is -2.39. The molecule has 1 heterocycles. The minimum atomic E-state index is 0.598. The van der Waals surface area contributed by atoms with Crippen molar-refractivity contribution in [3.8, 4) is 6.07 Å². The Bertz CT molecular complexity index is 444. The second kappa shape index (κ2) is 6.08. The number of likely N-dealkylation sites (tertiary alicyclic amines) is 1. The first kappa shape index (κ1) is 13.9. The maximum atomic E-state index is 8.89. The van der Waals surface area contributed by atoms with E-state index in [9.17, 15) is 0 Å². The molecule has 1 fully saturated rings. The molecule has 1 aromatic carbocycles. The van der Waals surface area contributed by atoms with E-state index in [1.54, 1.807) is 0 Å². The zero-order valence-electron chi connectivity index (χ0n) is 12.1. The fourth-order valence-corrected chi connectivity index (χ4v) is 2.75. The maximum Gasteiger partial charge on any atom is 0.0991 e. The van der Waals surface area contributed by atoms with E-state index in [4.69, 9.17) is 5.26 Å². The average Bonchev–Trinajstić information content (AvgIpc) is 2.82. The normalized spacial score (nSPS) is 19.6. The molecule has 0 bridgehead atoms. The monoisotopic (exact) mass is 257 g/mol. The van der Waals surface area contributed by atoms with Gasteiger partial charge in [-0.1, -0.05) is 13.8 Å². The molecule has 1 atom stereocenters. The van der Waals surface area contributed by atoms with Crippen LogP contribution in [-0.2, 0) is 0 Å². The molecule has 1 aromatic rings. The first-order valence-electron chi connectivity index (χ1n) is 7.05. The van der Waals surface area contributed by atoms with Gasteiger partial charge in [-0.3, -0.25) is 0 Å². The number of nitrogens with zero attached hydrogens (tertiary/aromatic N) is 3. The van der Waals surface area contributed by atoms with Crippen LogP contribution in [0.25, 0.3) is 0 Å². The lowest BCUT2D eigenvalue weighted by Gasteiger charge is -2.32. The molecule has 0 aliphatic carbocycles. The third-order valence-corrected chi connectivity index (χ3v) is 3.70. The van der Waals surface area contributed by atoms with Gasteiger partial charge in [-0.2, -0.15) is 5.26 Å². The molecule has 19 heavy (non-hydrogen) atoms. The summed E-state index contributed by atoms with van der Waals surface area (Å²) in [5.74, 6) is 0.640. The van der Waals surface area contributed by atoms with Crippen LogP contribution >= 0.6 is 0 Å². The molecule has 2 rings (SSSR count). The molecule has 1 saturated heterocycles. The van der Waals surface area contributed by atoms with Crippen LogP contribution in [0.15, 0.2) is 24.3 Å². The summed E-state index contributed by atoms with van der Waals surface area (Å²) in [6, 6.07) is 10.8. The number of anilines is 1. The molecule has 0 saturated carbocycles. The predicted octanol–water partition coefficient (Wildman–Crippen LogP) is 2.72. The molecule has 0 N–H and O–H groups in total. The highest BCUT2D eigenvalue weighted by molar-refractivity contribution is 5.50. The second-order valence-corrected chi connectivity index (χ2v) is 5.91. The van der Waals surface area contributed by atoms with Crippen molar-refractivity contribution < 1.29 is 0 Å². The Kier molecular flexibility index (Phi) is 4.44. The summed E-state index contributed by atoms with van der Waals surface area (Å²) in [5, 5.41) is 8.89. The van der Waals surface area contributed by atoms with Gasteiger partial charge < -0.3 is 9.80 Å². The zero-order valence-corrected chi connectivity index (χ0v) is 12.1. The smallest absolute Gasteiger partial charge is 0.0991 e. The van der Waals surface area contributed by atoms with E-state index in [0.717, 1.165) is 18.7 Å². The first-order chi connectivity index (χ1) is 9.10. The Morgan fingerprint density at radius 2 is 2.05 bits per heavy atom. The van der Waals surface area contributed by atoms with Gasteiger partial charge in [0.05, 0.1) is 11.6 Å². The summed E-state index contributed by atoms with van der Waals surface area (Å²) in [6.45, 7) is 7.90. The van der Waals surface area contributed by atoms with Gasteiger partial charge in [-0.15, -0.1) is 0 Å². The van der Waals surface area contributed by atoms with E-state index < -0.39 is 0 Å². The van der Waals surface area contributed by atoms with E-state index in [1.165, 1.54) is 18.7 Å². The van der Waals surface area contributed by atoms with Crippen LogP contribution in [0.4, 0.5) is 5.69 Å². The minimum absolute atomic E-state index is 0.598. The largest absolute Gasteiger partial charge is 0.367 e.